The van der Waals surface area contributed by atoms with Crippen LogP contribution in [0.4, 0.5) is 5.69 Å². The topological polar surface area (TPSA) is 59.4 Å². The minimum Gasteiger partial charge on any atom is -0.461 e. The lowest BCUT2D eigenvalue weighted by Gasteiger charge is -2.10. The van der Waals surface area contributed by atoms with Crippen molar-refractivity contribution in [2.24, 2.45) is 7.05 Å². The molecule has 5 nitrogen and oxygen atoms in total. The number of rotatable bonds is 4. The quantitative estimate of drug-likeness (QED) is 0.465. The second kappa shape index (κ2) is 7.82. The highest BCUT2D eigenvalue weighted by atomic mass is 16.5. The van der Waals surface area contributed by atoms with Crippen LogP contribution in [0.25, 0.3) is 27.1 Å². The standard InChI is InChI=1S/C23H19N3O2/c1-5-28-23(27)22-20(21(25-3)15(2)26(22)4)17-12-10-16(11-13-17)19-9-7-6-8-18(19)14-24/h6-13H,5H2,1-2,4H3. The molecule has 0 aliphatic carbocycles. The van der Waals surface area contributed by atoms with Crippen molar-refractivity contribution in [3.63, 3.8) is 0 Å². The summed E-state index contributed by atoms with van der Waals surface area (Å²) in [4.78, 5) is 16.2. The van der Waals surface area contributed by atoms with Crippen molar-refractivity contribution in [1.82, 2.24) is 4.57 Å². The van der Waals surface area contributed by atoms with E-state index in [1.165, 1.54) is 0 Å². The molecule has 0 amide bonds. The Bertz CT molecular complexity index is 1130. The molecule has 0 saturated heterocycles. The number of nitriles is 1. The number of nitrogens with zero attached hydrogens (tertiary/aromatic N) is 3. The minimum atomic E-state index is -0.447. The molecular formula is C23H19N3O2. The Hall–Kier alpha value is -3.83. The van der Waals surface area contributed by atoms with Gasteiger partial charge < -0.3 is 9.30 Å². The molecule has 0 aliphatic rings. The molecule has 0 N–H and O–H groups in total. The second-order valence-corrected chi connectivity index (χ2v) is 6.28. The molecule has 0 fully saturated rings. The maximum absolute atomic E-state index is 12.5. The van der Waals surface area contributed by atoms with E-state index in [0.717, 1.165) is 16.7 Å². The van der Waals surface area contributed by atoms with Crippen LogP contribution in [0.5, 0.6) is 0 Å². The van der Waals surface area contributed by atoms with Crippen molar-refractivity contribution >= 4 is 11.7 Å². The average Bonchev–Trinajstić information content (AvgIpc) is 2.98. The summed E-state index contributed by atoms with van der Waals surface area (Å²) in [5.41, 5.74) is 5.20. The molecule has 0 saturated carbocycles. The van der Waals surface area contributed by atoms with Crippen molar-refractivity contribution in [2.45, 2.75) is 13.8 Å². The predicted molar refractivity (Wildman–Crippen MR) is 108 cm³/mol. The fourth-order valence-electron chi connectivity index (χ4n) is 3.28. The number of esters is 1. The summed E-state index contributed by atoms with van der Waals surface area (Å²) in [7, 11) is 1.76. The van der Waals surface area contributed by atoms with Gasteiger partial charge in [-0.1, -0.05) is 42.5 Å². The molecule has 0 aliphatic heterocycles. The van der Waals surface area contributed by atoms with Crippen LogP contribution in [0.2, 0.25) is 0 Å². The number of benzene rings is 2. The smallest absolute Gasteiger partial charge is 0.354 e. The largest absolute Gasteiger partial charge is 0.461 e. The van der Waals surface area contributed by atoms with Crippen LogP contribution < -0.4 is 0 Å². The number of hydrogen-bond acceptors (Lipinski definition) is 3. The van der Waals surface area contributed by atoms with Gasteiger partial charge in [-0.25, -0.2) is 9.64 Å². The maximum Gasteiger partial charge on any atom is 0.354 e. The molecule has 3 rings (SSSR count). The van der Waals surface area contributed by atoms with Gasteiger partial charge in [-0.3, -0.25) is 0 Å². The fraction of sp³-hybridized carbons (Fsp3) is 0.174. The van der Waals surface area contributed by atoms with Gasteiger partial charge >= 0.3 is 5.97 Å². The number of hydrogen-bond donors (Lipinski definition) is 0. The molecule has 5 heteroatoms. The normalized spacial score (nSPS) is 10.2. The Morgan fingerprint density at radius 2 is 1.82 bits per heavy atom. The lowest BCUT2D eigenvalue weighted by Crippen LogP contribution is -2.11. The SMILES string of the molecule is [C-]#[N+]c1c(-c2ccc(-c3ccccc3C#N)cc2)c(C(=O)OCC)n(C)c1C. The molecule has 0 atom stereocenters. The van der Waals surface area contributed by atoms with Gasteiger partial charge in [-0.15, -0.1) is 0 Å². The summed E-state index contributed by atoms with van der Waals surface area (Å²) >= 11 is 0. The highest BCUT2D eigenvalue weighted by molar-refractivity contribution is 6.01. The number of carbonyl (C=O) groups is 1. The van der Waals surface area contributed by atoms with Crippen LogP contribution in [0.3, 0.4) is 0 Å². The average molecular weight is 369 g/mol. The molecule has 1 aromatic heterocycles. The van der Waals surface area contributed by atoms with Gasteiger partial charge in [-0.2, -0.15) is 5.26 Å². The third kappa shape index (κ3) is 3.15. The Kier molecular flexibility index (Phi) is 5.29. The zero-order valence-corrected chi connectivity index (χ0v) is 16.0. The summed E-state index contributed by atoms with van der Waals surface area (Å²) in [6, 6.07) is 17.1. The van der Waals surface area contributed by atoms with Crippen molar-refractivity contribution in [3.8, 4) is 28.3 Å². The monoisotopic (exact) mass is 369 g/mol. The van der Waals surface area contributed by atoms with Crippen LogP contribution in [-0.4, -0.2) is 17.1 Å². The van der Waals surface area contributed by atoms with Gasteiger partial charge in [0.2, 0.25) is 5.69 Å². The van der Waals surface area contributed by atoms with E-state index in [9.17, 15) is 10.1 Å². The first-order valence-electron chi connectivity index (χ1n) is 8.87. The predicted octanol–water partition coefficient (Wildman–Crippen LogP) is 5.27. The van der Waals surface area contributed by atoms with Crippen LogP contribution in [-0.2, 0) is 11.8 Å². The molecule has 28 heavy (non-hydrogen) atoms. The van der Waals surface area contributed by atoms with Gasteiger partial charge in [0.15, 0.2) is 0 Å². The first kappa shape index (κ1) is 18.9. The zero-order chi connectivity index (χ0) is 20.3. The lowest BCUT2D eigenvalue weighted by molar-refractivity contribution is 0.0516. The highest BCUT2D eigenvalue weighted by Crippen LogP contribution is 2.39. The van der Waals surface area contributed by atoms with E-state index in [1.807, 2.05) is 49.4 Å². The summed E-state index contributed by atoms with van der Waals surface area (Å²) in [6.45, 7) is 11.4. The van der Waals surface area contributed by atoms with Crippen LogP contribution >= 0.6 is 0 Å². The van der Waals surface area contributed by atoms with E-state index >= 15 is 0 Å². The Balaban J connectivity index is 2.15. The van der Waals surface area contributed by atoms with Crippen molar-refractivity contribution in [2.75, 3.05) is 6.61 Å². The minimum absolute atomic E-state index is 0.264. The molecule has 0 spiro atoms. The Morgan fingerprint density at radius 3 is 2.43 bits per heavy atom. The lowest BCUT2D eigenvalue weighted by atomic mass is 9.97. The fourth-order valence-corrected chi connectivity index (χ4v) is 3.28. The first-order valence-corrected chi connectivity index (χ1v) is 8.87. The zero-order valence-electron chi connectivity index (χ0n) is 16.0. The highest BCUT2D eigenvalue weighted by Gasteiger charge is 2.25. The van der Waals surface area contributed by atoms with Crippen molar-refractivity contribution in [3.05, 3.63) is 76.9 Å². The molecule has 0 unspecified atom stereocenters. The second-order valence-electron chi connectivity index (χ2n) is 6.28. The number of ether oxygens (including phenoxy) is 1. The maximum atomic E-state index is 12.5. The van der Waals surface area contributed by atoms with E-state index in [0.29, 0.717) is 28.2 Å². The molecule has 0 radical (unpaired) electrons. The first-order chi connectivity index (χ1) is 13.5. The third-order valence-electron chi connectivity index (χ3n) is 4.77. The Labute approximate surface area is 164 Å². The van der Waals surface area contributed by atoms with Crippen LogP contribution in [0.1, 0.15) is 28.7 Å². The van der Waals surface area contributed by atoms with Crippen LogP contribution in [0.15, 0.2) is 48.5 Å². The molecule has 1 heterocycles. The van der Waals surface area contributed by atoms with E-state index in [1.54, 1.807) is 24.6 Å². The van der Waals surface area contributed by atoms with Gasteiger partial charge in [0, 0.05) is 18.3 Å². The number of aromatic nitrogens is 1. The molecule has 3 aromatic rings. The van der Waals surface area contributed by atoms with E-state index in [-0.39, 0.29) is 6.61 Å². The van der Waals surface area contributed by atoms with E-state index < -0.39 is 5.97 Å². The third-order valence-corrected chi connectivity index (χ3v) is 4.77. The molecule has 2 aromatic carbocycles. The summed E-state index contributed by atoms with van der Waals surface area (Å²) in [5, 5.41) is 9.32. The van der Waals surface area contributed by atoms with Crippen molar-refractivity contribution < 1.29 is 9.53 Å². The summed E-state index contributed by atoms with van der Waals surface area (Å²) in [6.07, 6.45) is 0. The molecule has 0 bridgehead atoms. The summed E-state index contributed by atoms with van der Waals surface area (Å²) in [5.74, 6) is -0.447. The molecular weight excluding hydrogens is 350 g/mol. The van der Waals surface area contributed by atoms with Gasteiger partial charge in [0.25, 0.3) is 0 Å². The van der Waals surface area contributed by atoms with Gasteiger partial charge in [0.1, 0.15) is 5.69 Å². The number of carbonyl (C=O) groups excluding carboxylic acids is 1. The van der Waals surface area contributed by atoms with E-state index in [2.05, 4.69) is 10.9 Å². The van der Waals surface area contributed by atoms with Gasteiger partial charge in [0.05, 0.1) is 24.8 Å². The van der Waals surface area contributed by atoms with Gasteiger partial charge in [-0.05, 0) is 36.6 Å². The van der Waals surface area contributed by atoms with Crippen molar-refractivity contribution in [1.29, 1.82) is 5.26 Å². The summed E-state index contributed by atoms with van der Waals surface area (Å²) < 4.78 is 6.92. The van der Waals surface area contributed by atoms with Crippen LogP contribution in [0, 0.1) is 24.8 Å². The van der Waals surface area contributed by atoms with E-state index in [4.69, 9.17) is 11.3 Å². The molecule has 138 valence electrons. The Morgan fingerprint density at radius 1 is 1.18 bits per heavy atom.